The maximum Gasteiger partial charge on any atom is 0.243 e. The number of ether oxygens (including phenoxy) is 1. The van der Waals surface area contributed by atoms with Crippen molar-refractivity contribution in [2.75, 3.05) is 23.3 Å². The Hall–Kier alpha value is -2.97. The molecule has 2 aromatic heterocycles. The van der Waals surface area contributed by atoms with Crippen LogP contribution in [0.15, 0.2) is 83.2 Å². The van der Waals surface area contributed by atoms with Crippen LogP contribution in [0, 0.1) is 0 Å². The summed E-state index contributed by atoms with van der Waals surface area (Å²) < 4.78 is 11.7. The van der Waals surface area contributed by atoms with Gasteiger partial charge in [-0.3, -0.25) is 0 Å². The van der Waals surface area contributed by atoms with Gasteiger partial charge in [-0.25, -0.2) is 9.13 Å². The molecule has 0 bridgehead atoms. The highest BCUT2D eigenvalue weighted by molar-refractivity contribution is 9.10. The van der Waals surface area contributed by atoms with Crippen LogP contribution in [-0.2, 0) is 13.1 Å². The van der Waals surface area contributed by atoms with Crippen molar-refractivity contribution in [3.05, 3.63) is 88.0 Å². The molecule has 2 aromatic carbocycles. The Morgan fingerprint density at radius 1 is 1.13 bits per heavy atom. The zero-order valence-corrected chi connectivity index (χ0v) is 19.4. The number of thiophene rings is 1. The van der Waals surface area contributed by atoms with Gasteiger partial charge in [-0.05, 0) is 57.7 Å². The van der Waals surface area contributed by atoms with Crippen molar-refractivity contribution in [1.29, 1.82) is 0 Å². The van der Waals surface area contributed by atoms with Gasteiger partial charge in [-0.1, -0.05) is 18.2 Å². The average Bonchev–Trinajstić information content (AvgIpc) is 3.43. The van der Waals surface area contributed by atoms with E-state index in [9.17, 15) is 0 Å². The minimum atomic E-state index is -0.148. The third kappa shape index (κ3) is 5.59. The molecule has 0 spiro atoms. The molecule has 0 aliphatic rings. The second kappa shape index (κ2) is 9.89. The van der Waals surface area contributed by atoms with E-state index in [0.717, 1.165) is 28.1 Å². The van der Waals surface area contributed by atoms with Gasteiger partial charge in [-0.15, -0.1) is 11.3 Å². The fourth-order valence-corrected chi connectivity index (χ4v) is 4.45. The number of para-hydroxylation sites is 1. The quantitative estimate of drug-likeness (QED) is 0.230. The Balaban J connectivity index is 1.41. The van der Waals surface area contributed by atoms with Crippen molar-refractivity contribution in [3.63, 3.8) is 0 Å². The maximum atomic E-state index is 6.29. The Labute approximate surface area is 194 Å². The molecular weight excluding hydrogens is 474 g/mol. The highest BCUT2D eigenvalue weighted by Gasteiger charge is 2.20. The van der Waals surface area contributed by atoms with E-state index in [0.29, 0.717) is 23.7 Å². The number of nitrogens with two attached hydrogens (primary N) is 2. The van der Waals surface area contributed by atoms with E-state index in [4.69, 9.17) is 16.2 Å². The number of rotatable bonds is 9. The summed E-state index contributed by atoms with van der Waals surface area (Å²) in [6.07, 6.45) is 6.09. The lowest BCUT2D eigenvalue weighted by atomic mass is 10.2. The van der Waals surface area contributed by atoms with Crippen LogP contribution in [0.5, 0.6) is 5.75 Å². The smallest absolute Gasteiger partial charge is 0.243 e. The summed E-state index contributed by atoms with van der Waals surface area (Å²) in [6, 6.07) is 17.6. The number of benzene rings is 2. The molecule has 0 saturated carbocycles. The standard InChI is InChI=1S/C23H25BrN5OS/c24-18-4-1-2-5-20(18)27-9-10-28-11-12-29(16-28)15-22(23-6-3-13-31-23)30-21-8-7-17(25)14-19(21)26/h1-8,11-14,16,22,27H,9-10,15,25-26H2/q+1. The highest BCUT2D eigenvalue weighted by atomic mass is 79.9. The van der Waals surface area contributed by atoms with Crippen molar-refractivity contribution >= 4 is 44.3 Å². The second-order valence-corrected chi connectivity index (χ2v) is 9.01. The molecule has 31 heavy (non-hydrogen) atoms. The molecule has 0 aliphatic heterocycles. The predicted octanol–water partition coefficient (Wildman–Crippen LogP) is 4.70. The van der Waals surface area contributed by atoms with Crippen molar-refractivity contribution in [3.8, 4) is 5.75 Å². The molecule has 4 aromatic rings. The fourth-order valence-electron chi connectivity index (χ4n) is 3.28. The van der Waals surface area contributed by atoms with Gasteiger partial charge < -0.3 is 21.5 Å². The number of aromatic nitrogens is 2. The Morgan fingerprint density at radius 3 is 2.77 bits per heavy atom. The molecule has 8 heteroatoms. The highest BCUT2D eigenvalue weighted by Crippen LogP contribution is 2.30. The molecule has 0 radical (unpaired) electrons. The molecule has 6 nitrogen and oxygen atoms in total. The van der Waals surface area contributed by atoms with Crippen LogP contribution in [0.25, 0.3) is 0 Å². The van der Waals surface area contributed by atoms with E-state index < -0.39 is 0 Å². The molecule has 1 atom stereocenters. The molecular formula is C23H25BrN5OS+. The van der Waals surface area contributed by atoms with Crippen molar-refractivity contribution in [2.24, 2.45) is 0 Å². The summed E-state index contributed by atoms with van der Waals surface area (Å²) in [4.78, 5) is 1.15. The van der Waals surface area contributed by atoms with Crippen LogP contribution in [-0.4, -0.2) is 11.1 Å². The normalized spacial score (nSPS) is 11.9. The minimum Gasteiger partial charge on any atom is -0.479 e. The summed E-state index contributed by atoms with van der Waals surface area (Å²) in [6.45, 7) is 2.35. The topological polar surface area (TPSA) is 82.1 Å². The molecule has 0 saturated heterocycles. The number of halogens is 1. The van der Waals surface area contributed by atoms with E-state index in [1.807, 2.05) is 30.3 Å². The molecule has 0 fully saturated rings. The second-order valence-electron chi connectivity index (χ2n) is 7.17. The molecule has 0 amide bonds. The molecule has 4 rings (SSSR count). The van der Waals surface area contributed by atoms with Gasteiger partial charge in [-0.2, -0.15) is 0 Å². The van der Waals surface area contributed by atoms with Crippen LogP contribution in [0.2, 0.25) is 0 Å². The number of imidazole rings is 1. The summed E-state index contributed by atoms with van der Waals surface area (Å²) in [5.41, 5.74) is 14.2. The van der Waals surface area contributed by atoms with E-state index in [2.05, 4.69) is 66.6 Å². The largest absolute Gasteiger partial charge is 0.479 e. The van der Waals surface area contributed by atoms with Crippen molar-refractivity contribution in [2.45, 2.75) is 19.2 Å². The van der Waals surface area contributed by atoms with E-state index in [-0.39, 0.29) is 6.10 Å². The number of nitrogen functional groups attached to an aromatic ring is 2. The van der Waals surface area contributed by atoms with Crippen molar-refractivity contribution in [1.82, 2.24) is 4.57 Å². The molecule has 160 valence electrons. The summed E-state index contributed by atoms with van der Waals surface area (Å²) >= 11 is 5.24. The third-order valence-electron chi connectivity index (χ3n) is 4.85. The van der Waals surface area contributed by atoms with E-state index >= 15 is 0 Å². The van der Waals surface area contributed by atoms with Gasteiger partial charge in [0.05, 0.1) is 12.2 Å². The first-order valence-electron chi connectivity index (χ1n) is 9.97. The fraction of sp³-hybridized carbons (Fsp3) is 0.174. The Morgan fingerprint density at radius 2 is 2.00 bits per heavy atom. The van der Waals surface area contributed by atoms with Gasteiger partial charge in [0.2, 0.25) is 6.33 Å². The van der Waals surface area contributed by atoms with Crippen LogP contribution in [0.3, 0.4) is 0 Å². The zero-order valence-electron chi connectivity index (χ0n) is 16.9. The van der Waals surface area contributed by atoms with Gasteiger partial charge in [0, 0.05) is 20.7 Å². The zero-order chi connectivity index (χ0) is 21.6. The lowest BCUT2D eigenvalue weighted by Crippen LogP contribution is -2.36. The van der Waals surface area contributed by atoms with Crippen LogP contribution in [0.1, 0.15) is 11.0 Å². The number of hydrogen-bond acceptors (Lipinski definition) is 5. The lowest BCUT2D eigenvalue weighted by Gasteiger charge is -2.18. The van der Waals surface area contributed by atoms with Crippen molar-refractivity contribution < 1.29 is 9.30 Å². The van der Waals surface area contributed by atoms with Crippen LogP contribution in [0.4, 0.5) is 17.1 Å². The first kappa shape index (κ1) is 21.3. The van der Waals surface area contributed by atoms with Gasteiger partial charge >= 0.3 is 0 Å². The number of nitrogens with zero attached hydrogens (tertiary/aromatic N) is 2. The number of anilines is 3. The SMILES string of the molecule is Nc1ccc(OC(C[n+]2ccn(CCNc3ccccc3Br)c2)c2cccs2)c(N)c1. The van der Waals surface area contributed by atoms with E-state index in [1.165, 1.54) is 0 Å². The molecule has 5 N–H and O–H groups in total. The summed E-state index contributed by atoms with van der Waals surface area (Å²) in [5, 5.41) is 5.51. The molecule has 2 heterocycles. The van der Waals surface area contributed by atoms with Gasteiger partial charge in [0.15, 0.2) is 6.10 Å². The maximum absolute atomic E-state index is 6.29. The Bertz CT molecular complexity index is 1130. The molecule has 1 unspecified atom stereocenters. The van der Waals surface area contributed by atoms with Gasteiger partial charge in [0.1, 0.15) is 31.2 Å². The van der Waals surface area contributed by atoms with Gasteiger partial charge in [0.25, 0.3) is 0 Å². The first-order valence-corrected chi connectivity index (χ1v) is 11.6. The minimum absolute atomic E-state index is 0.148. The summed E-state index contributed by atoms with van der Waals surface area (Å²) in [7, 11) is 0. The molecule has 0 aliphatic carbocycles. The summed E-state index contributed by atoms with van der Waals surface area (Å²) in [5.74, 6) is 0.644. The number of nitrogens with one attached hydrogen (secondary N) is 1. The average molecular weight is 499 g/mol. The lowest BCUT2D eigenvalue weighted by molar-refractivity contribution is -0.703. The predicted molar refractivity (Wildman–Crippen MR) is 130 cm³/mol. The van der Waals surface area contributed by atoms with Crippen LogP contribution >= 0.6 is 27.3 Å². The monoisotopic (exact) mass is 498 g/mol. The van der Waals surface area contributed by atoms with Crippen LogP contribution < -0.4 is 26.1 Å². The number of hydrogen-bond donors (Lipinski definition) is 3. The Kier molecular flexibility index (Phi) is 6.79. The van der Waals surface area contributed by atoms with E-state index in [1.54, 1.807) is 23.5 Å². The third-order valence-corrected chi connectivity index (χ3v) is 6.50. The first-order chi connectivity index (χ1) is 15.1.